The molecule has 2 aromatic rings. The monoisotopic (exact) mass is 403 g/mol. The minimum atomic E-state index is -0.750. The first kappa shape index (κ1) is 21.8. The number of amides is 1. The van der Waals surface area contributed by atoms with Crippen LogP contribution in [0.1, 0.15) is 37.5 Å². The molecule has 1 amide bonds. The SMILES string of the molecule is COC(=O)[C@H](CC(C)C)NC(=O)OC(Cc1cccc(Cl)c1)c1ccccc1. The average molecular weight is 404 g/mol. The van der Waals surface area contributed by atoms with Gasteiger partial charge < -0.3 is 14.8 Å². The lowest BCUT2D eigenvalue weighted by molar-refractivity contribution is -0.143. The first-order valence-electron chi connectivity index (χ1n) is 9.23. The Morgan fingerprint density at radius 2 is 1.79 bits per heavy atom. The van der Waals surface area contributed by atoms with E-state index in [0.717, 1.165) is 11.1 Å². The van der Waals surface area contributed by atoms with Gasteiger partial charge in [-0.15, -0.1) is 0 Å². The summed E-state index contributed by atoms with van der Waals surface area (Å²) in [7, 11) is 1.30. The zero-order valence-corrected chi connectivity index (χ0v) is 17.1. The summed E-state index contributed by atoms with van der Waals surface area (Å²) in [6.45, 7) is 3.93. The van der Waals surface area contributed by atoms with Crippen LogP contribution in [0, 0.1) is 5.92 Å². The van der Waals surface area contributed by atoms with Crippen LogP contribution < -0.4 is 5.32 Å². The van der Waals surface area contributed by atoms with Crippen LogP contribution in [0.25, 0.3) is 0 Å². The van der Waals surface area contributed by atoms with Gasteiger partial charge in [-0.25, -0.2) is 9.59 Å². The Labute approximate surface area is 171 Å². The van der Waals surface area contributed by atoms with Gasteiger partial charge in [-0.05, 0) is 35.6 Å². The highest BCUT2D eigenvalue weighted by Gasteiger charge is 2.25. The summed E-state index contributed by atoms with van der Waals surface area (Å²) < 4.78 is 10.5. The van der Waals surface area contributed by atoms with Crippen molar-refractivity contribution in [2.45, 2.75) is 38.8 Å². The predicted molar refractivity (Wildman–Crippen MR) is 109 cm³/mol. The lowest BCUT2D eigenvalue weighted by atomic mass is 10.0. The molecule has 0 spiro atoms. The van der Waals surface area contributed by atoms with Crippen LogP contribution in [0.15, 0.2) is 54.6 Å². The number of esters is 1. The molecule has 0 aromatic heterocycles. The van der Waals surface area contributed by atoms with Crippen molar-refractivity contribution < 1.29 is 19.1 Å². The molecule has 0 saturated heterocycles. The van der Waals surface area contributed by atoms with E-state index in [2.05, 4.69) is 5.32 Å². The molecule has 1 N–H and O–H groups in total. The van der Waals surface area contributed by atoms with Crippen molar-refractivity contribution in [1.82, 2.24) is 5.32 Å². The third-order valence-electron chi connectivity index (χ3n) is 4.22. The average Bonchev–Trinajstić information content (AvgIpc) is 2.66. The van der Waals surface area contributed by atoms with Gasteiger partial charge in [0, 0.05) is 11.4 Å². The van der Waals surface area contributed by atoms with Gasteiger partial charge in [0.15, 0.2) is 0 Å². The number of hydrogen-bond donors (Lipinski definition) is 1. The van der Waals surface area contributed by atoms with Crippen LogP contribution in [-0.2, 0) is 20.7 Å². The van der Waals surface area contributed by atoms with Gasteiger partial charge in [0.2, 0.25) is 0 Å². The van der Waals surface area contributed by atoms with Gasteiger partial charge >= 0.3 is 12.1 Å². The summed E-state index contributed by atoms with van der Waals surface area (Å²) in [5, 5.41) is 3.26. The quantitative estimate of drug-likeness (QED) is 0.634. The number of benzene rings is 2. The number of carbonyl (C=O) groups excluding carboxylic acids is 2. The Hall–Kier alpha value is -2.53. The fourth-order valence-corrected chi connectivity index (χ4v) is 3.12. The van der Waals surface area contributed by atoms with Gasteiger partial charge in [0.05, 0.1) is 7.11 Å². The largest absolute Gasteiger partial charge is 0.467 e. The lowest BCUT2D eigenvalue weighted by Crippen LogP contribution is -2.43. The summed E-state index contributed by atoms with van der Waals surface area (Å²) in [5.41, 5.74) is 1.80. The van der Waals surface area contributed by atoms with Crippen molar-refractivity contribution in [2.75, 3.05) is 7.11 Å². The summed E-state index contributed by atoms with van der Waals surface area (Å²) in [6.07, 6.45) is -0.249. The summed E-state index contributed by atoms with van der Waals surface area (Å²) >= 11 is 6.08. The molecule has 28 heavy (non-hydrogen) atoms. The third-order valence-corrected chi connectivity index (χ3v) is 4.45. The molecule has 6 heteroatoms. The lowest BCUT2D eigenvalue weighted by Gasteiger charge is -2.22. The number of ether oxygens (including phenoxy) is 2. The minimum Gasteiger partial charge on any atom is -0.467 e. The topological polar surface area (TPSA) is 64.6 Å². The normalized spacial score (nSPS) is 12.9. The fourth-order valence-electron chi connectivity index (χ4n) is 2.91. The molecular formula is C22H26ClNO4. The van der Waals surface area contributed by atoms with Gasteiger partial charge in [0.1, 0.15) is 12.1 Å². The Kier molecular flexibility index (Phi) is 8.33. The van der Waals surface area contributed by atoms with Crippen molar-refractivity contribution in [1.29, 1.82) is 0 Å². The highest BCUT2D eigenvalue weighted by Crippen LogP contribution is 2.24. The smallest absolute Gasteiger partial charge is 0.408 e. The fraction of sp³-hybridized carbons (Fsp3) is 0.364. The van der Waals surface area contributed by atoms with Crippen LogP contribution in [0.4, 0.5) is 4.79 Å². The molecule has 0 radical (unpaired) electrons. The highest BCUT2D eigenvalue weighted by molar-refractivity contribution is 6.30. The molecule has 2 rings (SSSR count). The molecule has 150 valence electrons. The second kappa shape index (κ2) is 10.7. The number of methoxy groups -OCH3 is 1. The van der Waals surface area contributed by atoms with Gasteiger partial charge in [-0.3, -0.25) is 0 Å². The van der Waals surface area contributed by atoms with E-state index in [1.165, 1.54) is 7.11 Å². The molecule has 0 aliphatic carbocycles. The van der Waals surface area contributed by atoms with Crippen LogP contribution in [-0.4, -0.2) is 25.2 Å². The van der Waals surface area contributed by atoms with Gasteiger partial charge in [-0.1, -0.05) is 67.9 Å². The summed E-state index contributed by atoms with van der Waals surface area (Å²) in [5.74, 6) is -0.280. The van der Waals surface area contributed by atoms with Gasteiger partial charge in [-0.2, -0.15) is 0 Å². The van der Waals surface area contributed by atoms with E-state index < -0.39 is 24.2 Å². The Morgan fingerprint density at radius 3 is 2.39 bits per heavy atom. The minimum absolute atomic E-state index is 0.209. The van der Waals surface area contributed by atoms with E-state index in [1.807, 2.05) is 62.4 Å². The van der Waals surface area contributed by atoms with E-state index in [-0.39, 0.29) is 5.92 Å². The molecule has 0 fully saturated rings. The van der Waals surface area contributed by atoms with Crippen molar-refractivity contribution in [3.05, 3.63) is 70.7 Å². The molecule has 0 heterocycles. The zero-order chi connectivity index (χ0) is 20.5. The molecular weight excluding hydrogens is 378 g/mol. The standard InChI is InChI=1S/C22H26ClNO4/c1-15(2)12-19(21(25)27-3)24-22(26)28-20(17-9-5-4-6-10-17)14-16-8-7-11-18(23)13-16/h4-11,13,15,19-20H,12,14H2,1-3H3,(H,24,26)/t19-,20?/m0/s1. The zero-order valence-electron chi connectivity index (χ0n) is 16.4. The van der Waals surface area contributed by atoms with E-state index in [4.69, 9.17) is 21.1 Å². The predicted octanol–water partition coefficient (Wildman–Crippen LogP) is 4.94. The Balaban J connectivity index is 2.14. The molecule has 0 saturated carbocycles. The molecule has 0 bridgehead atoms. The van der Waals surface area contributed by atoms with Crippen molar-refractivity contribution in [3.8, 4) is 0 Å². The molecule has 0 aliphatic heterocycles. The van der Waals surface area contributed by atoms with Crippen molar-refractivity contribution >= 4 is 23.7 Å². The highest BCUT2D eigenvalue weighted by atomic mass is 35.5. The van der Waals surface area contributed by atoms with E-state index >= 15 is 0 Å². The Bertz CT molecular complexity index is 779. The van der Waals surface area contributed by atoms with Crippen LogP contribution in [0.5, 0.6) is 0 Å². The van der Waals surface area contributed by atoms with Crippen molar-refractivity contribution in [2.24, 2.45) is 5.92 Å². The van der Waals surface area contributed by atoms with E-state index in [0.29, 0.717) is 17.9 Å². The molecule has 0 aliphatic rings. The number of rotatable bonds is 8. The number of alkyl carbamates (subject to hydrolysis) is 1. The Morgan fingerprint density at radius 1 is 1.07 bits per heavy atom. The van der Waals surface area contributed by atoms with Crippen LogP contribution >= 0.6 is 11.6 Å². The molecule has 2 atom stereocenters. The van der Waals surface area contributed by atoms with E-state index in [9.17, 15) is 9.59 Å². The van der Waals surface area contributed by atoms with Crippen molar-refractivity contribution in [3.63, 3.8) is 0 Å². The molecule has 2 aromatic carbocycles. The first-order valence-corrected chi connectivity index (χ1v) is 9.61. The summed E-state index contributed by atoms with van der Waals surface area (Å²) in [4.78, 5) is 24.5. The van der Waals surface area contributed by atoms with Gasteiger partial charge in [0.25, 0.3) is 0 Å². The third kappa shape index (κ3) is 6.89. The second-order valence-electron chi connectivity index (χ2n) is 6.99. The maximum atomic E-state index is 12.5. The molecule has 1 unspecified atom stereocenters. The number of nitrogens with one attached hydrogen (secondary N) is 1. The first-order chi connectivity index (χ1) is 13.4. The maximum Gasteiger partial charge on any atom is 0.408 e. The number of halogens is 1. The van der Waals surface area contributed by atoms with Crippen LogP contribution in [0.2, 0.25) is 5.02 Å². The van der Waals surface area contributed by atoms with E-state index in [1.54, 1.807) is 6.07 Å². The summed E-state index contributed by atoms with van der Waals surface area (Å²) in [6, 6.07) is 16.1. The molecule has 5 nitrogen and oxygen atoms in total. The number of hydrogen-bond acceptors (Lipinski definition) is 4. The van der Waals surface area contributed by atoms with Crippen LogP contribution in [0.3, 0.4) is 0 Å². The second-order valence-corrected chi connectivity index (χ2v) is 7.42. The number of carbonyl (C=O) groups is 2. The maximum absolute atomic E-state index is 12.5.